The maximum atomic E-state index is 13.6. The van der Waals surface area contributed by atoms with Crippen LogP contribution in [0.1, 0.15) is 37.7 Å². The first-order valence-electron chi connectivity index (χ1n) is 15.8. The van der Waals surface area contributed by atoms with Gasteiger partial charge in [-0.3, -0.25) is 19.2 Å². The number of hydrogen-bond acceptors (Lipinski definition) is 7. The molecular weight excluding hydrogens is 586 g/mol. The molecule has 3 amide bonds. The van der Waals surface area contributed by atoms with Gasteiger partial charge in [0.15, 0.2) is 0 Å². The Morgan fingerprint density at radius 3 is 2.52 bits per heavy atom. The molecule has 4 N–H and O–H groups in total. The van der Waals surface area contributed by atoms with Crippen molar-refractivity contribution in [1.29, 1.82) is 0 Å². The summed E-state index contributed by atoms with van der Waals surface area (Å²) in [6.07, 6.45) is 6.58. The predicted molar refractivity (Wildman–Crippen MR) is 176 cm³/mol. The summed E-state index contributed by atoms with van der Waals surface area (Å²) in [4.78, 5) is 53.2. The van der Waals surface area contributed by atoms with Crippen molar-refractivity contribution >= 4 is 40.2 Å². The second kappa shape index (κ2) is 18.4. The molecule has 0 aromatic heterocycles. The minimum atomic E-state index is -1.19. The Kier molecular flexibility index (Phi) is 13.8. The van der Waals surface area contributed by atoms with E-state index in [0.717, 1.165) is 22.8 Å². The number of carbonyl (C=O) groups excluding carboxylic acids is 4. The lowest BCUT2D eigenvalue weighted by Gasteiger charge is -2.23. The molecule has 0 aliphatic carbocycles. The van der Waals surface area contributed by atoms with E-state index in [4.69, 9.17) is 14.6 Å². The molecule has 4 rings (SSSR count). The Bertz CT molecular complexity index is 1480. The third kappa shape index (κ3) is 11.1. The van der Waals surface area contributed by atoms with E-state index in [1.165, 1.54) is 0 Å². The normalized spacial score (nSPS) is 19.5. The van der Waals surface area contributed by atoms with Crippen LogP contribution in [-0.4, -0.2) is 67.8 Å². The lowest BCUT2D eigenvalue weighted by molar-refractivity contribution is -0.151. The lowest BCUT2D eigenvalue weighted by atomic mass is 9.93. The highest BCUT2D eigenvalue weighted by molar-refractivity contribution is 5.99. The Hall–Kier alpha value is -4.54. The smallest absolute Gasteiger partial charge is 0.309 e. The molecule has 244 valence electrons. The van der Waals surface area contributed by atoms with E-state index in [2.05, 4.69) is 16.0 Å². The zero-order valence-electron chi connectivity index (χ0n) is 26.0. The van der Waals surface area contributed by atoms with Crippen LogP contribution in [0.25, 0.3) is 10.8 Å². The van der Waals surface area contributed by atoms with Crippen molar-refractivity contribution < 1.29 is 33.8 Å². The van der Waals surface area contributed by atoms with E-state index < -0.39 is 35.7 Å². The van der Waals surface area contributed by atoms with Gasteiger partial charge in [-0.25, -0.2) is 0 Å². The molecule has 0 spiro atoms. The van der Waals surface area contributed by atoms with Gasteiger partial charge in [-0.2, -0.15) is 0 Å². The van der Waals surface area contributed by atoms with Crippen molar-refractivity contribution in [3.63, 3.8) is 0 Å². The van der Waals surface area contributed by atoms with Crippen molar-refractivity contribution in [2.75, 3.05) is 38.3 Å². The van der Waals surface area contributed by atoms with Crippen molar-refractivity contribution in [3.8, 4) is 0 Å². The van der Waals surface area contributed by atoms with Crippen LogP contribution in [0.2, 0.25) is 0 Å². The highest BCUT2D eigenvalue weighted by atomic mass is 16.5. The number of fused-ring (bicyclic) bond motifs is 1. The predicted octanol–water partition coefficient (Wildman–Crippen LogP) is 3.93. The van der Waals surface area contributed by atoms with Crippen molar-refractivity contribution in [3.05, 3.63) is 90.5 Å². The van der Waals surface area contributed by atoms with Gasteiger partial charge in [0.05, 0.1) is 31.7 Å². The first-order valence-corrected chi connectivity index (χ1v) is 15.8. The topological polar surface area (TPSA) is 143 Å². The van der Waals surface area contributed by atoms with Gasteiger partial charge in [0, 0.05) is 18.7 Å². The molecule has 3 aromatic carbocycles. The molecule has 1 heterocycles. The second-order valence-corrected chi connectivity index (χ2v) is 11.4. The molecule has 10 nitrogen and oxygen atoms in total. The molecule has 0 bridgehead atoms. The largest absolute Gasteiger partial charge is 0.463 e. The highest BCUT2D eigenvalue weighted by Gasteiger charge is 2.30. The third-order valence-electron chi connectivity index (χ3n) is 7.82. The number of allylic oxidation sites excluding steroid dienone is 2. The summed E-state index contributed by atoms with van der Waals surface area (Å²) >= 11 is 0. The molecule has 3 aromatic rings. The van der Waals surface area contributed by atoms with Gasteiger partial charge in [0.1, 0.15) is 12.6 Å². The SMILES string of the molecule is O=C(CC1CC=CCCCC(Cc2ccccc2)C(=O)OCC(C(=O)Nc2ccc3ccccc3c2)NC1=O)NCCOCCO. The summed E-state index contributed by atoms with van der Waals surface area (Å²) in [5.74, 6) is -2.96. The van der Waals surface area contributed by atoms with E-state index in [-0.39, 0.29) is 45.3 Å². The summed E-state index contributed by atoms with van der Waals surface area (Å²) in [5.41, 5.74) is 1.55. The zero-order chi connectivity index (χ0) is 32.6. The molecule has 1 aliphatic heterocycles. The number of aliphatic hydroxyl groups excluding tert-OH is 1. The lowest BCUT2D eigenvalue weighted by Crippen LogP contribution is -2.49. The number of amides is 3. The van der Waals surface area contributed by atoms with Crippen LogP contribution >= 0.6 is 0 Å². The molecular formula is C36H43N3O7. The molecule has 3 unspecified atom stereocenters. The average molecular weight is 630 g/mol. The molecule has 0 fully saturated rings. The van der Waals surface area contributed by atoms with Crippen LogP contribution in [0, 0.1) is 11.8 Å². The van der Waals surface area contributed by atoms with Gasteiger partial charge in [-0.05, 0) is 60.6 Å². The van der Waals surface area contributed by atoms with Gasteiger partial charge >= 0.3 is 5.97 Å². The first-order chi connectivity index (χ1) is 22.4. The minimum Gasteiger partial charge on any atom is -0.463 e. The first kappa shape index (κ1) is 34.3. The maximum Gasteiger partial charge on any atom is 0.309 e. The summed E-state index contributed by atoms with van der Waals surface area (Å²) in [5, 5.41) is 19.1. The van der Waals surface area contributed by atoms with Crippen LogP contribution < -0.4 is 16.0 Å². The Morgan fingerprint density at radius 2 is 1.72 bits per heavy atom. The fraction of sp³-hybridized carbons (Fsp3) is 0.389. The van der Waals surface area contributed by atoms with Gasteiger partial charge in [0.2, 0.25) is 11.8 Å². The summed E-state index contributed by atoms with van der Waals surface area (Å²) in [7, 11) is 0. The Morgan fingerprint density at radius 1 is 0.935 bits per heavy atom. The van der Waals surface area contributed by atoms with Gasteiger partial charge in [-0.15, -0.1) is 0 Å². The second-order valence-electron chi connectivity index (χ2n) is 11.4. The van der Waals surface area contributed by atoms with Crippen molar-refractivity contribution in [2.24, 2.45) is 11.8 Å². The van der Waals surface area contributed by atoms with E-state index in [0.29, 0.717) is 31.4 Å². The van der Waals surface area contributed by atoms with E-state index in [1.807, 2.05) is 78.9 Å². The summed E-state index contributed by atoms with van der Waals surface area (Å²) in [6, 6.07) is 21.8. The van der Waals surface area contributed by atoms with Crippen LogP contribution in [0.3, 0.4) is 0 Å². The van der Waals surface area contributed by atoms with Gasteiger partial charge in [-0.1, -0.05) is 72.8 Å². The summed E-state index contributed by atoms with van der Waals surface area (Å²) < 4.78 is 10.9. The molecule has 1 aliphatic rings. The van der Waals surface area contributed by atoms with E-state index in [9.17, 15) is 19.2 Å². The van der Waals surface area contributed by atoms with E-state index >= 15 is 0 Å². The number of carbonyl (C=O) groups is 4. The van der Waals surface area contributed by atoms with Crippen LogP contribution in [0.15, 0.2) is 84.9 Å². The maximum absolute atomic E-state index is 13.6. The fourth-order valence-corrected chi connectivity index (χ4v) is 5.32. The number of cyclic esters (lactones) is 1. The quantitative estimate of drug-likeness (QED) is 0.143. The fourth-order valence-electron chi connectivity index (χ4n) is 5.32. The minimum absolute atomic E-state index is 0.103. The van der Waals surface area contributed by atoms with E-state index in [1.54, 1.807) is 6.07 Å². The number of rotatable bonds is 11. The molecule has 10 heteroatoms. The Balaban J connectivity index is 1.50. The van der Waals surface area contributed by atoms with Crippen LogP contribution in [0.4, 0.5) is 5.69 Å². The van der Waals surface area contributed by atoms with Crippen LogP contribution in [0.5, 0.6) is 0 Å². The number of esters is 1. The number of nitrogens with one attached hydrogen (secondary N) is 3. The number of benzene rings is 3. The standard InChI is InChI=1S/C36H43N3O7/c40-19-21-45-20-18-37-33(41)24-29-14-6-1-2-7-15-30(22-26-10-4-3-5-11-26)36(44)46-25-32(39-34(29)42)35(43)38-31-17-16-27-12-8-9-13-28(27)23-31/h1,3-6,8-13,16-17,23,29-30,32,40H,2,7,14-15,18-22,24-25H2,(H,37,41)(H,38,43)(H,39,42). The van der Waals surface area contributed by atoms with Gasteiger partial charge < -0.3 is 30.5 Å². The average Bonchev–Trinajstić information content (AvgIpc) is 3.06. The molecule has 0 radical (unpaired) electrons. The molecule has 3 atom stereocenters. The molecule has 0 saturated carbocycles. The molecule has 46 heavy (non-hydrogen) atoms. The zero-order valence-corrected chi connectivity index (χ0v) is 26.0. The number of ether oxygens (including phenoxy) is 2. The summed E-state index contributed by atoms with van der Waals surface area (Å²) in [6.45, 7) is 0.176. The third-order valence-corrected chi connectivity index (χ3v) is 7.82. The van der Waals surface area contributed by atoms with Gasteiger partial charge in [0.25, 0.3) is 5.91 Å². The number of anilines is 1. The Labute approximate surface area is 269 Å². The molecule has 0 saturated heterocycles. The van der Waals surface area contributed by atoms with Crippen molar-refractivity contribution in [2.45, 2.75) is 44.6 Å². The number of hydrogen-bond donors (Lipinski definition) is 4. The highest BCUT2D eigenvalue weighted by Crippen LogP contribution is 2.21. The number of aliphatic hydroxyl groups is 1. The monoisotopic (exact) mass is 629 g/mol. The van der Waals surface area contributed by atoms with Crippen LogP contribution in [-0.2, 0) is 35.1 Å². The van der Waals surface area contributed by atoms with Crippen molar-refractivity contribution in [1.82, 2.24) is 10.6 Å².